The molecule has 0 aliphatic heterocycles. The first kappa shape index (κ1) is 19.6. The third kappa shape index (κ3) is 9.53. The molecule has 2 atom stereocenters. The fourth-order valence-electron chi connectivity index (χ4n) is 1.88. The molecule has 0 fully saturated rings. The maximum Gasteiger partial charge on any atom is 0.327 e. The van der Waals surface area contributed by atoms with Crippen LogP contribution in [0.4, 0.5) is 0 Å². The van der Waals surface area contributed by atoms with Crippen molar-refractivity contribution in [1.82, 2.24) is 5.32 Å². The molecule has 0 aliphatic rings. The van der Waals surface area contributed by atoms with E-state index in [1.54, 1.807) is 0 Å². The van der Waals surface area contributed by atoms with Gasteiger partial charge in [0.05, 0.1) is 5.25 Å². The molecule has 0 aliphatic carbocycles. The summed E-state index contributed by atoms with van der Waals surface area (Å²) in [7, 11) is 0. The Labute approximate surface area is 132 Å². The van der Waals surface area contributed by atoms with Crippen LogP contribution in [0.3, 0.4) is 0 Å². The molecule has 1 amide bonds. The first-order valence-corrected chi connectivity index (χ1v) is 8.49. The maximum absolute atomic E-state index is 11.7. The average molecular weight is 322 g/mol. The summed E-state index contributed by atoms with van der Waals surface area (Å²) in [4.78, 5) is 22.5. The fraction of sp³-hybridized carbons (Fsp3) is 0.857. The molecule has 20 heavy (non-hydrogen) atoms. The van der Waals surface area contributed by atoms with Crippen LogP contribution in [0.2, 0.25) is 0 Å². The van der Waals surface area contributed by atoms with Gasteiger partial charge < -0.3 is 10.4 Å². The van der Waals surface area contributed by atoms with E-state index in [1.165, 1.54) is 32.1 Å². The summed E-state index contributed by atoms with van der Waals surface area (Å²) in [6.45, 7) is 2.19. The monoisotopic (exact) mass is 321 g/mol. The molecule has 0 aromatic rings. The van der Waals surface area contributed by atoms with Gasteiger partial charge in [-0.1, -0.05) is 51.9 Å². The van der Waals surface area contributed by atoms with Crippen molar-refractivity contribution < 1.29 is 14.7 Å². The van der Waals surface area contributed by atoms with Crippen LogP contribution >= 0.6 is 25.3 Å². The number of carboxylic acid groups (broad SMARTS) is 1. The number of rotatable bonds is 12. The normalized spacial score (nSPS) is 13.8. The smallest absolute Gasteiger partial charge is 0.327 e. The van der Waals surface area contributed by atoms with Crippen molar-refractivity contribution in [1.29, 1.82) is 0 Å². The molecule has 6 heteroatoms. The molecule has 4 nitrogen and oxygen atoms in total. The zero-order chi connectivity index (χ0) is 15.4. The predicted octanol–water partition coefficient (Wildman–Crippen LogP) is 2.92. The van der Waals surface area contributed by atoms with Gasteiger partial charge in [0.25, 0.3) is 0 Å². The van der Waals surface area contributed by atoms with Gasteiger partial charge in [-0.2, -0.15) is 25.3 Å². The van der Waals surface area contributed by atoms with Crippen LogP contribution in [0.1, 0.15) is 58.3 Å². The van der Waals surface area contributed by atoms with Crippen molar-refractivity contribution in [3.63, 3.8) is 0 Å². The van der Waals surface area contributed by atoms with E-state index < -0.39 is 17.3 Å². The Balaban J connectivity index is 3.72. The molecule has 0 spiro atoms. The van der Waals surface area contributed by atoms with Crippen LogP contribution in [-0.4, -0.2) is 34.0 Å². The molecular weight excluding hydrogens is 294 g/mol. The average Bonchev–Trinajstić information content (AvgIpc) is 2.42. The largest absolute Gasteiger partial charge is 0.480 e. The summed E-state index contributed by atoms with van der Waals surface area (Å²) in [5.74, 6) is -1.30. The summed E-state index contributed by atoms with van der Waals surface area (Å²) in [5, 5.41) is 10.8. The number of nitrogens with one attached hydrogen (secondary N) is 1. The van der Waals surface area contributed by atoms with Crippen LogP contribution in [0.5, 0.6) is 0 Å². The number of carbonyl (C=O) groups excluding carboxylic acids is 1. The molecule has 0 bridgehead atoms. The summed E-state index contributed by atoms with van der Waals surface area (Å²) < 4.78 is 0. The number of amides is 1. The molecule has 0 saturated heterocycles. The Hall–Kier alpha value is -0.360. The molecule has 2 N–H and O–H groups in total. The lowest BCUT2D eigenvalue weighted by atomic mass is 10.1. The maximum atomic E-state index is 11.7. The van der Waals surface area contributed by atoms with Gasteiger partial charge in [-0.3, -0.25) is 4.79 Å². The molecule has 0 rings (SSSR count). The summed E-state index contributed by atoms with van der Waals surface area (Å²) in [6.07, 6.45) is 8.99. The molecular formula is C14H27NO3S2. The minimum Gasteiger partial charge on any atom is -0.480 e. The van der Waals surface area contributed by atoms with E-state index in [-0.39, 0.29) is 11.7 Å². The SMILES string of the molecule is CCCCCCCCCC(S)C(=O)NC(CS)C(=O)O. The van der Waals surface area contributed by atoms with E-state index in [0.717, 1.165) is 12.8 Å². The second-order valence-corrected chi connectivity index (χ2v) is 6.00. The topological polar surface area (TPSA) is 66.4 Å². The zero-order valence-corrected chi connectivity index (χ0v) is 14.0. The van der Waals surface area contributed by atoms with Crippen molar-refractivity contribution in [2.45, 2.75) is 69.6 Å². The van der Waals surface area contributed by atoms with Crippen LogP contribution in [0, 0.1) is 0 Å². The second-order valence-electron chi connectivity index (χ2n) is 5.01. The van der Waals surface area contributed by atoms with E-state index in [0.29, 0.717) is 6.42 Å². The fourth-order valence-corrected chi connectivity index (χ4v) is 2.38. The molecule has 0 aromatic carbocycles. The van der Waals surface area contributed by atoms with E-state index >= 15 is 0 Å². The summed E-state index contributed by atoms with van der Waals surface area (Å²) in [6, 6.07) is -0.936. The van der Waals surface area contributed by atoms with Gasteiger partial charge in [-0.05, 0) is 6.42 Å². The lowest BCUT2D eigenvalue weighted by molar-refractivity contribution is -0.141. The van der Waals surface area contributed by atoms with E-state index in [2.05, 4.69) is 37.5 Å². The van der Waals surface area contributed by atoms with Crippen molar-refractivity contribution in [2.24, 2.45) is 0 Å². The molecule has 2 unspecified atom stereocenters. The first-order chi connectivity index (χ1) is 9.52. The number of carbonyl (C=O) groups is 2. The molecule has 0 saturated carbocycles. The number of thiol groups is 2. The van der Waals surface area contributed by atoms with E-state index in [4.69, 9.17) is 5.11 Å². The number of carboxylic acids is 1. The highest BCUT2D eigenvalue weighted by Gasteiger charge is 2.21. The van der Waals surface area contributed by atoms with Gasteiger partial charge in [-0.25, -0.2) is 4.79 Å². The highest BCUT2D eigenvalue weighted by atomic mass is 32.1. The lowest BCUT2D eigenvalue weighted by Gasteiger charge is -2.15. The van der Waals surface area contributed by atoms with Gasteiger partial charge in [0.15, 0.2) is 0 Å². The van der Waals surface area contributed by atoms with Crippen molar-refractivity contribution in [3.8, 4) is 0 Å². The lowest BCUT2D eigenvalue weighted by Crippen LogP contribution is -2.45. The minimum atomic E-state index is -1.06. The molecule has 0 heterocycles. The van der Waals surface area contributed by atoms with Crippen molar-refractivity contribution in [2.75, 3.05) is 5.75 Å². The molecule has 118 valence electrons. The Morgan fingerprint density at radius 3 is 2.15 bits per heavy atom. The van der Waals surface area contributed by atoms with Gasteiger partial charge in [0, 0.05) is 5.75 Å². The van der Waals surface area contributed by atoms with Crippen LogP contribution < -0.4 is 5.32 Å². The summed E-state index contributed by atoms with van der Waals surface area (Å²) >= 11 is 8.14. The van der Waals surface area contributed by atoms with E-state index in [1.807, 2.05) is 0 Å². The van der Waals surface area contributed by atoms with Gasteiger partial charge in [0.2, 0.25) is 5.91 Å². The Morgan fingerprint density at radius 2 is 1.65 bits per heavy atom. The van der Waals surface area contributed by atoms with Gasteiger partial charge in [-0.15, -0.1) is 0 Å². The first-order valence-electron chi connectivity index (χ1n) is 7.35. The van der Waals surface area contributed by atoms with Crippen molar-refractivity contribution in [3.05, 3.63) is 0 Å². The standard InChI is InChI=1S/C14H27NO3S2/c1-2-3-4-5-6-7-8-9-12(20)13(16)15-11(10-19)14(17)18/h11-12,19-20H,2-10H2,1H3,(H,15,16)(H,17,18). The Morgan fingerprint density at radius 1 is 1.10 bits per heavy atom. The minimum absolute atomic E-state index is 0.0823. The van der Waals surface area contributed by atoms with Crippen molar-refractivity contribution >= 4 is 37.1 Å². The number of hydrogen-bond acceptors (Lipinski definition) is 4. The van der Waals surface area contributed by atoms with E-state index in [9.17, 15) is 9.59 Å². The Bertz CT molecular complexity index is 288. The molecule has 0 aromatic heterocycles. The summed E-state index contributed by atoms with van der Waals surface area (Å²) in [5.41, 5.74) is 0. The van der Waals surface area contributed by atoms with Crippen LogP contribution in [0.15, 0.2) is 0 Å². The second kappa shape index (κ2) is 12.4. The van der Waals surface area contributed by atoms with Crippen LogP contribution in [0.25, 0.3) is 0 Å². The number of aliphatic carboxylic acids is 1. The highest BCUT2D eigenvalue weighted by molar-refractivity contribution is 7.81. The van der Waals surface area contributed by atoms with Gasteiger partial charge in [0.1, 0.15) is 6.04 Å². The van der Waals surface area contributed by atoms with Crippen LogP contribution in [-0.2, 0) is 9.59 Å². The third-order valence-corrected chi connectivity index (χ3v) is 4.04. The third-order valence-electron chi connectivity index (χ3n) is 3.18. The quantitative estimate of drug-likeness (QED) is 0.330. The number of unbranched alkanes of at least 4 members (excludes halogenated alkanes) is 6. The predicted molar refractivity (Wildman–Crippen MR) is 88.8 cm³/mol. The highest BCUT2D eigenvalue weighted by Crippen LogP contribution is 2.12. The Kier molecular flexibility index (Phi) is 12.2. The van der Waals surface area contributed by atoms with Gasteiger partial charge >= 0.3 is 5.97 Å². The number of hydrogen-bond donors (Lipinski definition) is 4. The molecule has 0 radical (unpaired) electrons. The zero-order valence-electron chi connectivity index (χ0n) is 12.2.